The van der Waals surface area contributed by atoms with E-state index in [0.717, 1.165) is 33.4 Å². The van der Waals surface area contributed by atoms with Crippen LogP contribution in [0.25, 0.3) is 121 Å². The molecular formula is C67H44F2. The summed E-state index contributed by atoms with van der Waals surface area (Å²) in [6, 6.07) is 80.4. The summed E-state index contributed by atoms with van der Waals surface area (Å²) in [5.74, 6) is -0.463. The maximum atomic E-state index is 13.8. The molecule has 0 heterocycles. The lowest BCUT2D eigenvalue weighted by molar-refractivity contribution is 0.627. The second-order valence-corrected chi connectivity index (χ2v) is 19.0. The van der Waals surface area contributed by atoms with E-state index in [0.29, 0.717) is 0 Å². The molecule has 0 amide bonds. The average molecular weight is 887 g/mol. The van der Waals surface area contributed by atoms with Gasteiger partial charge in [0, 0.05) is 5.41 Å². The van der Waals surface area contributed by atoms with Crippen LogP contribution in [0, 0.1) is 11.6 Å². The SMILES string of the molecule is CC1(C)c2cc(-c3c4ccccc4c(-c4ccc(-c5ccc(F)cc5)cc4)c4ccccc34)ccc2-c2ccc(-c3c4ccccc4c(-c4ccc(-c5ccc(F)cc5)cc4)c4ccccc34)cc21. The number of rotatable bonds is 6. The van der Waals surface area contributed by atoms with Crippen LogP contribution in [0.5, 0.6) is 0 Å². The molecule has 2 heteroatoms. The fourth-order valence-electron chi connectivity index (χ4n) is 11.5. The van der Waals surface area contributed by atoms with Gasteiger partial charge in [0.2, 0.25) is 0 Å². The summed E-state index contributed by atoms with van der Waals surface area (Å²) in [4.78, 5) is 0. The quantitative estimate of drug-likeness (QED) is 0.146. The lowest BCUT2D eigenvalue weighted by Gasteiger charge is -2.24. The molecule has 0 bridgehead atoms. The van der Waals surface area contributed by atoms with E-state index in [1.54, 1.807) is 0 Å². The number of halogens is 2. The molecule has 12 aromatic rings. The molecule has 0 fully saturated rings. The standard InChI is InChI=1S/C67H44F2/c1-67(2)61-39-47(65-57-15-7-3-11-53(57)63(54-12-4-8-16-58(54)65)45-23-19-41(20-24-45)43-27-33-49(68)34-28-43)31-37-51(61)52-38-32-48(40-62(52)67)66-59-17-9-5-13-55(59)64(56-14-6-10-18-60(56)66)46-25-21-42(22-26-46)44-29-35-50(69)36-30-44/h3-40H,1-2H3. The number of benzene rings is 12. The Bertz CT molecular complexity index is 3630. The Morgan fingerprint density at radius 2 is 0.464 bits per heavy atom. The lowest BCUT2D eigenvalue weighted by Crippen LogP contribution is -2.15. The van der Waals surface area contributed by atoms with Crippen LogP contribution >= 0.6 is 0 Å². The zero-order chi connectivity index (χ0) is 46.4. The Labute approximate surface area is 400 Å². The lowest BCUT2D eigenvalue weighted by atomic mass is 9.79. The topological polar surface area (TPSA) is 0 Å². The van der Waals surface area contributed by atoms with Crippen molar-refractivity contribution in [2.45, 2.75) is 19.3 Å². The summed E-state index contributed by atoms with van der Waals surface area (Å²) in [5.41, 5.74) is 18.7. The molecular weight excluding hydrogens is 843 g/mol. The molecule has 69 heavy (non-hydrogen) atoms. The molecule has 0 saturated carbocycles. The van der Waals surface area contributed by atoms with Crippen molar-refractivity contribution in [1.82, 2.24) is 0 Å². The first-order chi connectivity index (χ1) is 33.8. The highest BCUT2D eigenvalue weighted by molar-refractivity contribution is 6.23. The van der Waals surface area contributed by atoms with E-state index in [1.807, 2.05) is 24.3 Å². The number of fused-ring (bicyclic) bond motifs is 7. The molecule has 0 unspecified atom stereocenters. The van der Waals surface area contributed by atoms with Crippen LogP contribution in [-0.2, 0) is 5.41 Å². The van der Waals surface area contributed by atoms with Gasteiger partial charge < -0.3 is 0 Å². The third-order valence-corrected chi connectivity index (χ3v) is 14.8. The van der Waals surface area contributed by atoms with Crippen LogP contribution in [0.3, 0.4) is 0 Å². The minimum absolute atomic E-state index is 0.232. The molecule has 0 aliphatic heterocycles. The zero-order valence-electron chi connectivity index (χ0n) is 38.2. The molecule has 13 rings (SSSR count). The predicted molar refractivity (Wildman–Crippen MR) is 287 cm³/mol. The van der Waals surface area contributed by atoms with Gasteiger partial charge in [0.15, 0.2) is 0 Å². The van der Waals surface area contributed by atoms with Gasteiger partial charge in [-0.1, -0.05) is 208 Å². The van der Waals surface area contributed by atoms with Gasteiger partial charge in [0.25, 0.3) is 0 Å². The molecule has 0 radical (unpaired) electrons. The minimum atomic E-state index is -0.272. The summed E-state index contributed by atoms with van der Waals surface area (Å²) in [6.07, 6.45) is 0. The van der Waals surface area contributed by atoms with Gasteiger partial charge in [-0.2, -0.15) is 0 Å². The molecule has 0 spiro atoms. The van der Waals surface area contributed by atoms with Gasteiger partial charge in [-0.15, -0.1) is 0 Å². The Morgan fingerprint density at radius 3 is 0.739 bits per heavy atom. The van der Waals surface area contributed by atoms with Crippen molar-refractivity contribution in [2.75, 3.05) is 0 Å². The molecule has 12 aromatic carbocycles. The van der Waals surface area contributed by atoms with E-state index >= 15 is 0 Å². The second-order valence-electron chi connectivity index (χ2n) is 19.0. The Hall–Kier alpha value is -8.46. The summed E-state index contributed by atoms with van der Waals surface area (Å²) in [7, 11) is 0. The third kappa shape index (κ3) is 6.55. The number of hydrogen-bond acceptors (Lipinski definition) is 0. The first-order valence-corrected chi connectivity index (χ1v) is 23.7. The second kappa shape index (κ2) is 15.8. The van der Waals surface area contributed by atoms with E-state index < -0.39 is 0 Å². The molecule has 0 atom stereocenters. The molecule has 1 aliphatic carbocycles. The van der Waals surface area contributed by atoms with Crippen LogP contribution in [0.2, 0.25) is 0 Å². The van der Waals surface area contributed by atoms with Crippen molar-refractivity contribution in [3.8, 4) is 77.9 Å². The van der Waals surface area contributed by atoms with Crippen molar-refractivity contribution < 1.29 is 8.78 Å². The Morgan fingerprint density at radius 1 is 0.246 bits per heavy atom. The normalized spacial score (nSPS) is 12.8. The predicted octanol–water partition coefficient (Wildman–Crippen LogP) is 18.9. The van der Waals surface area contributed by atoms with Crippen molar-refractivity contribution in [1.29, 1.82) is 0 Å². The number of hydrogen-bond donors (Lipinski definition) is 0. The molecule has 0 nitrogen and oxygen atoms in total. The van der Waals surface area contributed by atoms with Crippen LogP contribution in [0.4, 0.5) is 8.78 Å². The van der Waals surface area contributed by atoms with Gasteiger partial charge in [-0.05, 0) is 169 Å². The Kier molecular flexibility index (Phi) is 9.36. The van der Waals surface area contributed by atoms with E-state index in [-0.39, 0.29) is 17.0 Å². The summed E-state index contributed by atoms with van der Waals surface area (Å²) >= 11 is 0. The van der Waals surface area contributed by atoms with Crippen molar-refractivity contribution >= 4 is 43.1 Å². The monoisotopic (exact) mass is 886 g/mol. The van der Waals surface area contributed by atoms with Crippen LogP contribution in [0.15, 0.2) is 231 Å². The van der Waals surface area contributed by atoms with E-state index in [4.69, 9.17) is 0 Å². The van der Waals surface area contributed by atoms with Crippen LogP contribution in [0.1, 0.15) is 25.0 Å². The summed E-state index contributed by atoms with van der Waals surface area (Å²) in [6.45, 7) is 4.77. The van der Waals surface area contributed by atoms with E-state index in [2.05, 4.69) is 196 Å². The van der Waals surface area contributed by atoms with Gasteiger partial charge in [0.05, 0.1) is 0 Å². The van der Waals surface area contributed by atoms with Gasteiger partial charge in [-0.25, -0.2) is 8.78 Å². The van der Waals surface area contributed by atoms with Crippen molar-refractivity contribution in [3.05, 3.63) is 253 Å². The minimum Gasteiger partial charge on any atom is -0.207 e. The summed E-state index contributed by atoms with van der Waals surface area (Å²) < 4.78 is 27.5. The average Bonchev–Trinajstić information content (AvgIpc) is 3.62. The smallest absolute Gasteiger partial charge is 0.123 e. The van der Waals surface area contributed by atoms with Crippen molar-refractivity contribution in [2.24, 2.45) is 0 Å². The van der Waals surface area contributed by atoms with Crippen molar-refractivity contribution in [3.63, 3.8) is 0 Å². The largest absolute Gasteiger partial charge is 0.207 e. The fourth-order valence-corrected chi connectivity index (χ4v) is 11.5. The van der Waals surface area contributed by atoms with E-state index in [1.165, 1.54) is 123 Å². The van der Waals surface area contributed by atoms with Gasteiger partial charge in [-0.3, -0.25) is 0 Å². The first-order valence-electron chi connectivity index (χ1n) is 23.7. The highest BCUT2D eigenvalue weighted by atomic mass is 19.1. The Balaban J connectivity index is 0.917. The maximum Gasteiger partial charge on any atom is 0.123 e. The summed E-state index contributed by atoms with van der Waals surface area (Å²) in [5, 5.41) is 9.71. The molecule has 0 aromatic heterocycles. The van der Waals surface area contributed by atoms with Crippen LogP contribution in [-0.4, -0.2) is 0 Å². The van der Waals surface area contributed by atoms with Crippen LogP contribution < -0.4 is 0 Å². The molecule has 0 N–H and O–H groups in total. The molecule has 0 saturated heterocycles. The highest BCUT2D eigenvalue weighted by Crippen LogP contribution is 2.53. The maximum absolute atomic E-state index is 13.8. The van der Waals surface area contributed by atoms with Gasteiger partial charge in [0.1, 0.15) is 11.6 Å². The molecule has 1 aliphatic rings. The highest BCUT2D eigenvalue weighted by Gasteiger charge is 2.36. The first kappa shape index (κ1) is 40.8. The van der Waals surface area contributed by atoms with Gasteiger partial charge >= 0.3 is 0 Å². The fraction of sp³-hybridized carbons (Fsp3) is 0.0448. The zero-order valence-corrected chi connectivity index (χ0v) is 38.2. The van der Waals surface area contributed by atoms with E-state index in [9.17, 15) is 8.78 Å². The third-order valence-electron chi connectivity index (χ3n) is 14.8. The molecule has 326 valence electrons.